The minimum absolute atomic E-state index is 0. The van der Waals surface area contributed by atoms with Crippen molar-refractivity contribution in [2.24, 2.45) is 5.92 Å². The second kappa shape index (κ2) is 8.97. The van der Waals surface area contributed by atoms with Gasteiger partial charge in [0.25, 0.3) is 0 Å². The molecule has 1 amide bonds. The van der Waals surface area contributed by atoms with E-state index in [0.717, 1.165) is 25.1 Å². The summed E-state index contributed by atoms with van der Waals surface area (Å²) < 4.78 is 0. The number of halogens is 3. The van der Waals surface area contributed by atoms with E-state index in [1.165, 1.54) is 6.42 Å². The molecule has 0 spiro atoms. The van der Waals surface area contributed by atoms with Gasteiger partial charge in [-0.05, 0) is 56.5 Å². The number of nitrogens with zero attached hydrogens (tertiary/aromatic N) is 1. The first-order valence-corrected chi connectivity index (χ1v) is 8.16. The molecule has 0 radical (unpaired) electrons. The number of carbonyl (C=O) groups is 1. The number of rotatable bonds is 5. The predicted molar refractivity (Wildman–Crippen MR) is 95.1 cm³/mol. The average molecular weight is 366 g/mol. The minimum Gasteiger partial charge on any atom is -0.339 e. The SMILES string of the molecule is CC(c1ccc(Cl)cc1Cl)N(C)C(=O)CCC1CCNC1.Cl. The monoisotopic (exact) mass is 364 g/mol. The molecule has 2 unspecified atom stereocenters. The summed E-state index contributed by atoms with van der Waals surface area (Å²) in [4.78, 5) is 14.1. The van der Waals surface area contributed by atoms with Gasteiger partial charge >= 0.3 is 0 Å². The highest BCUT2D eigenvalue weighted by molar-refractivity contribution is 6.35. The van der Waals surface area contributed by atoms with Crippen LogP contribution in [0.25, 0.3) is 0 Å². The van der Waals surface area contributed by atoms with Gasteiger partial charge < -0.3 is 10.2 Å². The highest BCUT2D eigenvalue weighted by atomic mass is 35.5. The van der Waals surface area contributed by atoms with Gasteiger partial charge in [-0.2, -0.15) is 0 Å². The number of benzene rings is 1. The molecule has 1 aliphatic rings. The van der Waals surface area contributed by atoms with Crippen molar-refractivity contribution < 1.29 is 4.79 Å². The van der Waals surface area contributed by atoms with E-state index < -0.39 is 0 Å². The van der Waals surface area contributed by atoms with Gasteiger partial charge in [-0.15, -0.1) is 12.4 Å². The molecule has 0 aromatic heterocycles. The fraction of sp³-hybridized carbons (Fsp3) is 0.562. The molecule has 22 heavy (non-hydrogen) atoms. The second-order valence-electron chi connectivity index (χ2n) is 5.74. The van der Waals surface area contributed by atoms with E-state index in [1.807, 2.05) is 26.1 Å². The first kappa shape index (κ1) is 19.6. The van der Waals surface area contributed by atoms with Gasteiger partial charge in [0.2, 0.25) is 5.91 Å². The van der Waals surface area contributed by atoms with E-state index in [0.29, 0.717) is 22.4 Å². The molecule has 1 fully saturated rings. The number of amides is 1. The topological polar surface area (TPSA) is 32.3 Å². The minimum atomic E-state index is -0.0519. The molecule has 1 heterocycles. The summed E-state index contributed by atoms with van der Waals surface area (Å²) in [6.45, 7) is 4.10. The van der Waals surface area contributed by atoms with Gasteiger partial charge in [0.05, 0.1) is 6.04 Å². The highest BCUT2D eigenvalue weighted by Gasteiger charge is 2.21. The highest BCUT2D eigenvalue weighted by Crippen LogP contribution is 2.29. The summed E-state index contributed by atoms with van der Waals surface area (Å²) in [5, 5.41) is 4.55. The van der Waals surface area contributed by atoms with Crippen molar-refractivity contribution in [3.63, 3.8) is 0 Å². The van der Waals surface area contributed by atoms with E-state index >= 15 is 0 Å². The summed E-state index contributed by atoms with van der Waals surface area (Å²) in [6.07, 6.45) is 2.73. The summed E-state index contributed by atoms with van der Waals surface area (Å²) in [5.74, 6) is 0.803. The van der Waals surface area contributed by atoms with Crippen LogP contribution in [0.5, 0.6) is 0 Å². The van der Waals surface area contributed by atoms with E-state index in [1.54, 1.807) is 11.0 Å². The lowest BCUT2D eigenvalue weighted by molar-refractivity contribution is -0.132. The van der Waals surface area contributed by atoms with E-state index in [9.17, 15) is 4.79 Å². The van der Waals surface area contributed by atoms with Crippen LogP contribution in [0.1, 0.15) is 37.8 Å². The maximum Gasteiger partial charge on any atom is 0.222 e. The summed E-state index contributed by atoms with van der Waals surface area (Å²) in [5.41, 5.74) is 0.930. The standard InChI is InChI=1S/C16H22Cl2N2O.ClH/c1-11(14-5-4-13(17)9-15(14)18)20(2)16(21)6-3-12-7-8-19-10-12;/h4-5,9,11-12,19H,3,6-8,10H2,1-2H3;1H. The lowest BCUT2D eigenvalue weighted by Gasteiger charge is -2.26. The lowest BCUT2D eigenvalue weighted by Crippen LogP contribution is -2.30. The molecule has 0 saturated carbocycles. The number of carbonyl (C=O) groups excluding carboxylic acids is 1. The van der Waals surface area contributed by atoms with E-state index in [2.05, 4.69) is 5.32 Å². The molecule has 2 atom stereocenters. The second-order valence-corrected chi connectivity index (χ2v) is 6.59. The predicted octanol–water partition coefficient (Wildman–Crippen LogP) is 4.32. The Kier molecular flexibility index (Phi) is 7.98. The van der Waals surface area contributed by atoms with Gasteiger partial charge in [0.15, 0.2) is 0 Å². The van der Waals surface area contributed by atoms with Crippen LogP contribution in [0, 0.1) is 5.92 Å². The number of hydrogen-bond donors (Lipinski definition) is 1. The molecular formula is C16H23Cl3N2O. The van der Waals surface area contributed by atoms with Gasteiger partial charge in [0, 0.05) is 23.5 Å². The van der Waals surface area contributed by atoms with Crippen molar-refractivity contribution in [3.8, 4) is 0 Å². The van der Waals surface area contributed by atoms with Crippen LogP contribution in [0.4, 0.5) is 0 Å². The van der Waals surface area contributed by atoms with Crippen LogP contribution in [-0.2, 0) is 4.79 Å². The third-order valence-corrected chi connectivity index (χ3v) is 4.88. The molecule has 2 rings (SSSR count). The zero-order valence-electron chi connectivity index (χ0n) is 12.9. The number of hydrogen-bond acceptors (Lipinski definition) is 2. The fourth-order valence-corrected chi connectivity index (χ4v) is 3.30. The van der Waals surface area contributed by atoms with Gasteiger partial charge in [-0.3, -0.25) is 4.79 Å². The normalized spacial score (nSPS) is 18.6. The maximum atomic E-state index is 12.3. The van der Waals surface area contributed by atoms with Crippen LogP contribution in [-0.4, -0.2) is 30.9 Å². The summed E-state index contributed by atoms with van der Waals surface area (Å²) >= 11 is 12.1. The third-order valence-electron chi connectivity index (χ3n) is 4.32. The van der Waals surface area contributed by atoms with Crippen molar-refractivity contribution in [3.05, 3.63) is 33.8 Å². The Labute approximate surface area is 148 Å². The zero-order chi connectivity index (χ0) is 15.4. The molecule has 3 nitrogen and oxygen atoms in total. The molecule has 124 valence electrons. The van der Waals surface area contributed by atoms with E-state index in [4.69, 9.17) is 23.2 Å². The smallest absolute Gasteiger partial charge is 0.222 e. The van der Waals surface area contributed by atoms with E-state index in [-0.39, 0.29) is 24.4 Å². The van der Waals surface area contributed by atoms with Crippen LogP contribution in [0.2, 0.25) is 10.0 Å². The molecule has 1 aromatic rings. The Morgan fingerprint density at radius 1 is 1.45 bits per heavy atom. The fourth-order valence-electron chi connectivity index (χ4n) is 2.73. The van der Waals surface area contributed by atoms with Crippen LogP contribution >= 0.6 is 35.6 Å². The van der Waals surface area contributed by atoms with Crippen molar-refractivity contribution in [1.82, 2.24) is 10.2 Å². The molecule has 1 aliphatic heterocycles. The molecule has 1 saturated heterocycles. The molecule has 6 heteroatoms. The van der Waals surface area contributed by atoms with Gasteiger partial charge in [0.1, 0.15) is 0 Å². The van der Waals surface area contributed by atoms with Crippen molar-refractivity contribution in [2.45, 2.75) is 32.2 Å². The quantitative estimate of drug-likeness (QED) is 0.842. The third kappa shape index (κ3) is 5.02. The molecule has 0 bridgehead atoms. The first-order valence-electron chi connectivity index (χ1n) is 7.40. The first-order chi connectivity index (χ1) is 9.99. The van der Waals surface area contributed by atoms with Crippen LogP contribution in [0.3, 0.4) is 0 Å². The van der Waals surface area contributed by atoms with Crippen molar-refractivity contribution in [2.75, 3.05) is 20.1 Å². The largest absolute Gasteiger partial charge is 0.339 e. The Morgan fingerprint density at radius 2 is 2.18 bits per heavy atom. The maximum absolute atomic E-state index is 12.3. The Bertz CT molecular complexity index is 504. The Morgan fingerprint density at radius 3 is 2.77 bits per heavy atom. The van der Waals surface area contributed by atoms with Gasteiger partial charge in [-0.25, -0.2) is 0 Å². The average Bonchev–Trinajstić information content (AvgIpc) is 2.96. The molecular weight excluding hydrogens is 343 g/mol. The molecule has 0 aliphatic carbocycles. The molecule has 1 N–H and O–H groups in total. The van der Waals surface area contributed by atoms with Gasteiger partial charge in [-0.1, -0.05) is 29.3 Å². The summed E-state index contributed by atoms with van der Waals surface area (Å²) in [7, 11) is 1.84. The van der Waals surface area contributed by atoms with Crippen LogP contribution < -0.4 is 5.32 Å². The number of nitrogens with one attached hydrogen (secondary N) is 1. The molecule has 1 aromatic carbocycles. The Hall–Kier alpha value is -0.480. The zero-order valence-corrected chi connectivity index (χ0v) is 15.3. The van der Waals surface area contributed by atoms with Crippen LogP contribution in [0.15, 0.2) is 18.2 Å². The Balaban J connectivity index is 0.00000242. The van der Waals surface area contributed by atoms with Crippen molar-refractivity contribution in [1.29, 1.82) is 0 Å². The lowest BCUT2D eigenvalue weighted by atomic mass is 10.0. The summed E-state index contributed by atoms with van der Waals surface area (Å²) in [6, 6.07) is 5.36. The van der Waals surface area contributed by atoms with Crippen molar-refractivity contribution >= 4 is 41.5 Å².